The molecule has 5 heteroatoms. The topological polar surface area (TPSA) is 55.0 Å². The largest absolute Gasteiger partial charge is 0.494 e. The summed E-state index contributed by atoms with van der Waals surface area (Å²) in [5.41, 5.74) is 1.40. The number of hydrogen-bond acceptors (Lipinski definition) is 3. The molecule has 1 N–H and O–H groups in total. The van der Waals surface area contributed by atoms with Gasteiger partial charge in [0.1, 0.15) is 0 Å². The van der Waals surface area contributed by atoms with Crippen LogP contribution in [0.2, 0.25) is 0 Å². The molecule has 0 spiro atoms. The Morgan fingerprint density at radius 2 is 2.10 bits per heavy atom. The molecular weight excluding hydrogens is 259 g/mol. The fourth-order valence-corrected chi connectivity index (χ4v) is 2.08. The van der Waals surface area contributed by atoms with Crippen molar-refractivity contribution in [3.05, 3.63) is 58.8 Å². The fourth-order valence-electron chi connectivity index (χ4n) is 2.08. The van der Waals surface area contributed by atoms with Crippen molar-refractivity contribution in [2.45, 2.75) is 0 Å². The van der Waals surface area contributed by atoms with Crippen molar-refractivity contribution in [2.24, 2.45) is 0 Å². The minimum absolute atomic E-state index is 0.162. The van der Waals surface area contributed by atoms with Crippen molar-refractivity contribution in [1.82, 2.24) is 9.97 Å². The Morgan fingerprint density at radius 1 is 1.25 bits per heavy atom. The van der Waals surface area contributed by atoms with E-state index in [-0.39, 0.29) is 11.3 Å². The number of methoxy groups -OCH3 is 1. The minimum atomic E-state index is -0.480. The monoisotopic (exact) mass is 270 g/mol. The maximum absolute atomic E-state index is 13.7. The van der Waals surface area contributed by atoms with E-state index in [0.29, 0.717) is 22.2 Å². The predicted molar refractivity (Wildman–Crippen MR) is 74.3 cm³/mol. The highest BCUT2D eigenvalue weighted by atomic mass is 19.1. The molecule has 0 amide bonds. The zero-order chi connectivity index (χ0) is 14.1. The highest BCUT2D eigenvalue weighted by Crippen LogP contribution is 2.24. The Hall–Kier alpha value is -2.69. The average molecular weight is 270 g/mol. The van der Waals surface area contributed by atoms with E-state index in [0.717, 1.165) is 0 Å². The van der Waals surface area contributed by atoms with Crippen LogP contribution in [0.3, 0.4) is 0 Å². The number of rotatable bonds is 2. The van der Waals surface area contributed by atoms with Gasteiger partial charge in [-0.15, -0.1) is 0 Å². The summed E-state index contributed by atoms with van der Waals surface area (Å²) in [6, 6.07) is 9.63. The van der Waals surface area contributed by atoms with E-state index in [1.165, 1.54) is 19.2 Å². The number of benzene rings is 1. The molecule has 0 fully saturated rings. The van der Waals surface area contributed by atoms with Crippen LogP contribution >= 0.6 is 0 Å². The van der Waals surface area contributed by atoms with Crippen molar-refractivity contribution < 1.29 is 9.13 Å². The molecular formula is C15H11FN2O2. The molecule has 3 aromatic rings. The summed E-state index contributed by atoms with van der Waals surface area (Å²) in [5, 5.41) is 0.505. The standard InChI is InChI=1S/C15H11FN2O2/c1-20-14-5-4-9(7-11(14)16)12-8-13-10(15(19)18-12)3-2-6-17-13/h2-8H,1H3,(H,18,19). The summed E-state index contributed by atoms with van der Waals surface area (Å²) in [4.78, 5) is 18.8. The van der Waals surface area contributed by atoms with Gasteiger partial charge in [-0.2, -0.15) is 0 Å². The molecule has 0 bridgehead atoms. The van der Waals surface area contributed by atoms with Gasteiger partial charge in [0.2, 0.25) is 0 Å². The predicted octanol–water partition coefficient (Wildman–Crippen LogP) is 2.74. The van der Waals surface area contributed by atoms with E-state index in [9.17, 15) is 9.18 Å². The first-order valence-electron chi connectivity index (χ1n) is 6.01. The van der Waals surface area contributed by atoms with Gasteiger partial charge in [0.05, 0.1) is 23.7 Å². The van der Waals surface area contributed by atoms with Crippen molar-refractivity contribution in [3.8, 4) is 17.0 Å². The first-order chi connectivity index (χ1) is 9.69. The summed E-state index contributed by atoms with van der Waals surface area (Å²) in [6.45, 7) is 0. The average Bonchev–Trinajstić information content (AvgIpc) is 2.47. The van der Waals surface area contributed by atoms with Gasteiger partial charge in [0.15, 0.2) is 11.6 Å². The molecule has 0 aliphatic rings. The van der Waals surface area contributed by atoms with E-state index in [1.807, 2.05) is 0 Å². The number of aromatic nitrogens is 2. The smallest absolute Gasteiger partial charge is 0.257 e. The lowest BCUT2D eigenvalue weighted by molar-refractivity contribution is 0.386. The van der Waals surface area contributed by atoms with Crippen LogP contribution in [0, 0.1) is 5.82 Å². The van der Waals surface area contributed by atoms with Gasteiger partial charge >= 0.3 is 0 Å². The Balaban J connectivity index is 2.19. The van der Waals surface area contributed by atoms with Crippen LogP contribution in [0.4, 0.5) is 4.39 Å². The summed E-state index contributed by atoms with van der Waals surface area (Å²) in [6.07, 6.45) is 1.61. The summed E-state index contributed by atoms with van der Waals surface area (Å²) >= 11 is 0. The zero-order valence-corrected chi connectivity index (χ0v) is 10.7. The number of fused-ring (bicyclic) bond motifs is 1. The molecule has 100 valence electrons. The Kier molecular flexibility index (Phi) is 2.95. The maximum atomic E-state index is 13.7. The van der Waals surface area contributed by atoms with Gasteiger partial charge < -0.3 is 9.72 Å². The molecule has 2 aromatic heterocycles. The zero-order valence-electron chi connectivity index (χ0n) is 10.7. The molecule has 0 atom stereocenters. The number of nitrogens with one attached hydrogen (secondary N) is 1. The number of pyridine rings is 2. The van der Waals surface area contributed by atoms with Crippen LogP contribution < -0.4 is 10.3 Å². The van der Waals surface area contributed by atoms with Gasteiger partial charge in [-0.05, 0) is 36.4 Å². The lowest BCUT2D eigenvalue weighted by Gasteiger charge is -2.06. The molecule has 0 unspecified atom stereocenters. The van der Waals surface area contributed by atoms with E-state index >= 15 is 0 Å². The third kappa shape index (κ3) is 2.03. The molecule has 20 heavy (non-hydrogen) atoms. The van der Waals surface area contributed by atoms with Crippen LogP contribution in [0.5, 0.6) is 5.75 Å². The molecule has 0 saturated carbocycles. The quantitative estimate of drug-likeness (QED) is 0.779. The van der Waals surface area contributed by atoms with Crippen LogP contribution in [0.1, 0.15) is 0 Å². The van der Waals surface area contributed by atoms with Crippen LogP contribution in [0.15, 0.2) is 47.4 Å². The lowest BCUT2D eigenvalue weighted by atomic mass is 10.1. The Bertz CT molecular complexity index is 843. The molecule has 1 aromatic carbocycles. The van der Waals surface area contributed by atoms with E-state index in [1.54, 1.807) is 30.5 Å². The number of hydrogen-bond donors (Lipinski definition) is 1. The molecule has 0 radical (unpaired) electrons. The molecule has 4 nitrogen and oxygen atoms in total. The van der Waals surface area contributed by atoms with Crippen LogP contribution in [-0.4, -0.2) is 17.1 Å². The van der Waals surface area contributed by atoms with E-state index in [2.05, 4.69) is 9.97 Å². The first-order valence-corrected chi connectivity index (χ1v) is 6.01. The number of aromatic amines is 1. The lowest BCUT2D eigenvalue weighted by Crippen LogP contribution is -2.07. The fraction of sp³-hybridized carbons (Fsp3) is 0.0667. The van der Waals surface area contributed by atoms with Crippen molar-refractivity contribution in [2.75, 3.05) is 7.11 Å². The van der Waals surface area contributed by atoms with Gasteiger partial charge in [0.25, 0.3) is 5.56 Å². The highest BCUT2D eigenvalue weighted by molar-refractivity contribution is 5.81. The second kappa shape index (κ2) is 4.77. The second-order valence-corrected chi connectivity index (χ2v) is 4.30. The summed E-state index contributed by atoms with van der Waals surface area (Å²) in [7, 11) is 1.40. The summed E-state index contributed by atoms with van der Waals surface area (Å²) < 4.78 is 18.6. The normalized spacial score (nSPS) is 10.7. The molecule has 3 rings (SSSR count). The van der Waals surface area contributed by atoms with Crippen LogP contribution in [0.25, 0.3) is 22.2 Å². The van der Waals surface area contributed by atoms with E-state index < -0.39 is 5.82 Å². The van der Waals surface area contributed by atoms with Crippen LogP contribution in [-0.2, 0) is 0 Å². The molecule has 0 aliphatic heterocycles. The van der Waals surface area contributed by atoms with Gasteiger partial charge in [-0.3, -0.25) is 9.78 Å². The van der Waals surface area contributed by atoms with Gasteiger partial charge in [-0.1, -0.05) is 0 Å². The number of nitrogens with zero attached hydrogens (tertiary/aromatic N) is 1. The first kappa shape index (κ1) is 12.3. The van der Waals surface area contributed by atoms with E-state index in [4.69, 9.17) is 4.74 Å². The third-order valence-corrected chi connectivity index (χ3v) is 3.08. The maximum Gasteiger partial charge on any atom is 0.257 e. The molecule has 0 saturated heterocycles. The Morgan fingerprint density at radius 3 is 2.85 bits per heavy atom. The third-order valence-electron chi connectivity index (χ3n) is 3.08. The van der Waals surface area contributed by atoms with Crippen molar-refractivity contribution in [3.63, 3.8) is 0 Å². The van der Waals surface area contributed by atoms with Crippen molar-refractivity contribution in [1.29, 1.82) is 0 Å². The number of H-pyrrole nitrogens is 1. The second-order valence-electron chi connectivity index (χ2n) is 4.30. The molecule has 2 heterocycles. The van der Waals surface area contributed by atoms with Gasteiger partial charge in [0, 0.05) is 11.8 Å². The Labute approximate surface area is 113 Å². The minimum Gasteiger partial charge on any atom is -0.494 e. The van der Waals surface area contributed by atoms with Crippen molar-refractivity contribution >= 4 is 10.9 Å². The molecule has 0 aliphatic carbocycles. The summed E-state index contributed by atoms with van der Waals surface area (Å²) in [5.74, 6) is -0.318. The number of halogens is 1. The van der Waals surface area contributed by atoms with Gasteiger partial charge in [-0.25, -0.2) is 4.39 Å². The highest BCUT2D eigenvalue weighted by Gasteiger charge is 2.08. The number of ether oxygens (including phenoxy) is 1. The SMILES string of the molecule is COc1ccc(-c2cc3ncccc3c(=O)[nH]2)cc1F.